The van der Waals surface area contributed by atoms with Crippen molar-refractivity contribution < 1.29 is 38.2 Å². The molecule has 1 aromatic carbocycles. The maximum atomic E-state index is 14.5. The van der Waals surface area contributed by atoms with E-state index in [0.29, 0.717) is 45.3 Å². The fraction of sp³-hybridized carbons (Fsp3) is 0.797. The zero-order chi connectivity index (χ0) is 54.7. The summed E-state index contributed by atoms with van der Waals surface area (Å²) in [6.45, 7) is 15.2. The fourth-order valence-corrected chi connectivity index (χ4v) is 11.6. The third-order valence-electron chi connectivity index (χ3n) is 16.1. The van der Waals surface area contributed by atoms with Crippen molar-refractivity contribution in [3.8, 4) is 0 Å². The largest absolute Gasteiger partial charge is 0.379 e. The Balaban J connectivity index is 1.61. The van der Waals surface area contributed by atoms with Gasteiger partial charge in [-0.25, -0.2) is 0 Å². The van der Waals surface area contributed by atoms with Crippen LogP contribution in [0.2, 0.25) is 0 Å². The van der Waals surface area contributed by atoms with Crippen LogP contribution in [0.15, 0.2) is 30.3 Å². The van der Waals surface area contributed by atoms with E-state index in [2.05, 4.69) is 21.3 Å². The quantitative estimate of drug-likeness (QED) is 0.0536. The molecule has 9 atom stereocenters. The molecule has 0 radical (unpaired) electrons. The van der Waals surface area contributed by atoms with Gasteiger partial charge in [-0.05, 0) is 75.4 Å². The van der Waals surface area contributed by atoms with Gasteiger partial charge in [-0.3, -0.25) is 33.7 Å². The smallest absolute Gasteiger partial charge is 0.245 e. The summed E-state index contributed by atoms with van der Waals surface area (Å²) in [6, 6.07) is 6.61. The van der Waals surface area contributed by atoms with Crippen LogP contribution in [0.5, 0.6) is 0 Å². The lowest BCUT2D eigenvalue weighted by Crippen LogP contribution is -2.59. The Labute approximate surface area is 447 Å². The molecule has 74 heavy (non-hydrogen) atoms. The minimum absolute atomic E-state index is 0.00423. The summed E-state index contributed by atoms with van der Waals surface area (Å²) >= 11 is 0. The van der Waals surface area contributed by atoms with Gasteiger partial charge < -0.3 is 40.5 Å². The molecule has 1 aliphatic carbocycles. The average molecular weight is 1040 g/mol. The third kappa shape index (κ3) is 21.2. The van der Waals surface area contributed by atoms with Crippen LogP contribution in [0.25, 0.3) is 0 Å². The highest BCUT2D eigenvalue weighted by atomic mass is 16.5. The number of hydrogen-bond donors (Lipinski definition) is 4. The summed E-state index contributed by atoms with van der Waals surface area (Å²) < 4.78 is 12.2. The highest BCUT2D eigenvalue weighted by molar-refractivity contribution is 5.91. The molecule has 2 aliphatic rings. The molecule has 2 fully saturated rings. The highest BCUT2D eigenvalue weighted by Gasteiger charge is 2.43. The van der Waals surface area contributed by atoms with Crippen LogP contribution < -0.4 is 21.3 Å². The molecule has 0 aromatic heterocycles. The van der Waals surface area contributed by atoms with E-state index in [0.717, 1.165) is 37.2 Å². The first kappa shape index (κ1) is 64.2. The molecule has 4 N–H and O–H groups in total. The van der Waals surface area contributed by atoms with Crippen molar-refractivity contribution >= 4 is 35.4 Å². The number of nitrogens with zero attached hydrogens (tertiary/aromatic N) is 3. The number of likely N-dealkylation sites (tertiary alicyclic amines) is 1. The lowest BCUT2D eigenvalue weighted by molar-refractivity contribution is -0.148. The van der Waals surface area contributed by atoms with Crippen molar-refractivity contribution in [2.75, 3.05) is 55.0 Å². The van der Waals surface area contributed by atoms with Gasteiger partial charge in [0.2, 0.25) is 35.4 Å². The van der Waals surface area contributed by atoms with Crippen LogP contribution in [-0.4, -0.2) is 148 Å². The second kappa shape index (κ2) is 34.6. The minimum atomic E-state index is -0.862. The van der Waals surface area contributed by atoms with Crippen molar-refractivity contribution in [1.29, 1.82) is 0 Å². The van der Waals surface area contributed by atoms with E-state index in [1.807, 2.05) is 90.9 Å². The monoisotopic (exact) mass is 1040 g/mol. The van der Waals surface area contributed by atoms with Crippen LogP contribution in [0.1, 0.15) is 176 Å². The highest BCUT2D eigenvalue weighted by Crippen LogP contribution is 2.30. The van der Waals surface area contributed by atoms with Crippen LogP contribution in [0, 0.1) is 29.6 Å². The molecule has 3 rings (SSSR count). The Morgan fingerprint density at radius 2 is 1.32 bits per heavy atom. The van der Waals surface area contributed by atoms with Gasteiger partial charge in [0, 0.05) is 53.7 Å². The summed E-state index contributed by atoms with van der Waals surface area (Å²) in [5, 5.41) is 12.2. The number of rotatable bonds is 31. The topological polar surface area (TPSA) is 179 Å². The molecular formula is C59H103N7O8. The standard InChI is InChI=1S/C59H103N7O8/c1-13-43(6)54(65(10)59(72)52(41(2)3)63-58(71)53(42(4)5)64(8)9)49(73-11)40-51(68)66-38-28-34-48(66)55(74-12)44(7)56(69)62-47(39-46-32-22-19-23-33-46)57(70)61-37-27-25-35-50(67)60-36-26-24-31-45-29-20-17-15-14-16-18-21-30-45/h19,22-23,32-33,41-45,47-49,52-55H,13-18,20-21,24-31,34-40H2,1-12H3,(H,60,67)(H,61,70)(H,62,69)(H,63,71)/t43?,44-,47+,48+,49-,52+,53+,54+,55-/m1/s1. The van der Waals surface area contributed by atoms with Crippen LogP contribution in [0.3, 0.4) is 0 Å². The Morgan fingerprint density at radius 1 is 0.703 bits per heavy atom. The van der Waals surface area contributed by atoms with E-state index in [1.54, 1.807) is 38.0 Å². The number of benzene rings is 1. The Hall–Kier alpha value is -4.08. The van der Waals surface area contributed by atoms with Gasteiger partial charge in [0.15, 0.2) is 0 Å². The van der Waals surface area contributed by atoms with Gasteiger partial charge in [-0.2, -0.15) is 0 Å². The third-order valence-corrected chi connectivity index (χ3v) is 16.1. The van der Waals surface area contributed by atoms with E-state index < -0.39 is 48.3 Å². The van der Waals surface area contributed by atoms with Crippen molar-refractivity contribution in [2.24, 2.45) is 29.6 Å². The molecule has 15 heteroatoms. The zero-order valence-electron chi connectivity index (χ0n) is 48.2. The van der Waals surface area contributed by atoms with Gasteiger partial charge in [-0.15, -0.1) is 0 Å². The molecule has 1 unspecified atom stereocenters. The zero-order valence-corrected chi connectivity index (χ0v) is 48.2. The summed E-state index contributed by atoms with van der Waals surface area (Å²) in [6.07, 6.45) is 18.4. The van der Waals surface area contributed by atoms with Gasteiger partial charge >= 0.3 is 0 Å². The van der Waals surface area contributed by atoms with Crippen LogP contribution >= 0.6 is 0 Å². The predicted octanol–water partition coefficient (Wildman–Crippen LogP) is 8.07. The SMILES string of the molecule is CCC(C)[C@@H]([C@@H](CC(=O)N1CCC[C@H]1[C@H](OC)[C@@H](C)C(=O)N[C@@H](Cc1ccccc1)C(=O)NCCCCC(=O)NCCCCC1CCCCCCCCC1)OC)N(C)C(=O)[C@@H](NC(=O)[C@H](C(C)C)N(C)C)C(C)C. The van der Waals surface area contributed by atoms with E-state index >= 15 is 0 Å². The van der Waals surface area contributed by atoms with E-state index in [4.69, 9.17) is 9.47 Å². The van der Waals surface area contributed by atoms with Gasteiger partial charge in [0.05, 0.1) is 42.7 Å². The Bertz CT molecular complexity index is 1800. The van der Waals surface area contributed by atoms with Crippen molar-refractivity contribution in [3.63, 3.8) is 0 Å². The molecule has 1 heterocycles. The molecule has 1 saturated carbocycles. The number of likely N-dealkylation sites (N-methyl/N-ethyl adjacent to an activating group) is 2. The van der Waals surface area contributed by atoms with Crippen LogP contribution in [0.4, 0.5) is 0 Å². The number of nitrogens with one attached hydrogen (secondary N) is 4. The molecule has 1 aromatic rings. The Kier molecular flexibility index (Phi) is 30.0. The molecule has 6 amide bonds. The van der Waals surface area contributed by atoms with Crippen LogP contribution in [-0.2, 0) is 44.7 Å². The van der Waals surface area contributed by atoms with E-state index in [9.17, 15) is 28.8 Å². The molecule has 0 spiro atoms. The number of amides is 6. The number of methoxy groups -OCH3 is 2. The summed E-state index contributed by atoms with van der Waals surface area (Å²) in [5.41, 5.74) is 0.896. The Morgan fingerprint density at radius 3 is 1.91 bits per heavy atom. The lowest BCUT2D eigenvalue weighted by atomic mass is 9.88. The molecule has 15 nitrogen and oxygen atoms in total. The maximum absolute atomic E-state index is 14.5. The van der Waals surface area contributed by atoms with Gasteiger partial charge in [0.1, 0.15) is 12.1 Å². The number of ether oxygens (including phenoxy) is 2. The summed E-state index contributed by atoms with van der Waals surface area (Å²) in [4.78, 5) is 88.5. The number of hydrogen-bond acceptors (Lipinski definition) is 9. The predicted molar refractivity (Wildman–Crippen MR) is 296 cm³/mol. The van der Waals surface area contributed by atoms with Crippen molar-refractivity contribution in [3.05, 3.63) is 35.9 Å². The van der Waals surface area contributed by atoms with Gasteiger partial charge in [-0.1, -0.05) is 156 Å². The first-order valence-electron chi connectivity index (χ1n) is 28.8. The summed E-state index contributed by atoms with van der Waals surface area (Å²) in [7, 11) is 8.56. The molecule has 1 saturated heterocycles. The number of unbranched alkanes of at least 4 members (excludes halogenated alkanes) is 2. The van der Waals surface area contributed by atoms with Crippen molar-refractivity contribution in [1.82, 2.24) is 36.0 Å². The first-order chi connectivity index (χ1) is 35.4. The minimum Gasteiger partial charge on any atom is -0.379 e. The second-order valence-electron chi connectivity index (χ2n) is 22.7. The maximum Gasteiger partial charge on any atom is 0.245 e. The number of carbonyl (C=O) groups is 6. The van der Waals surface area contributed by atoms with E-state index in [-0.39, 0.29) is 66.0 Å². The fourth-order valence-electron chi connectivity index (χ4n) is 11.6. The van der Waals surface area contributed by atoms with Gasteiger partial charge in [0.25, 0.3) is 0 Å². The molecular weight excluding hydrogens is 935 g/mol. The lowest BCUT2D eigenvalue weighted by Gasteiger charge is -2.41. The normalized spacial score (nSPS) is 19.2. The molecule has 1 aliphatic heterocycles. The molecule has 422 valence electrons. The molecule has 0 bridgehead atoms. The summed E-state index contributed by atoms with van der Waals surface area (Å²) in [5.74, 6) is -1.35. The first-order valence-corrected chi connectivity index (χ1v) is 28.8. The number of carbonyl (C=O) groups excluding carboxylic acids is 6. The average Bonchev–Trinajstić information content (AvgIpc) is 3.86. The second-order valence-corrected chi connectivity index (χ2v) is 22.7. The van der Waals surface area contributed by atoms with Crippen molar-refractivity contribution in [2.45, 2.75) is 219 Å². The van der Waals surface area contributed by atoms with E-state index in [1.165, 1.54) is 64.2 Å².